The Hall–Kier alpha value is -1.34. The average molecular weight is 382 g/mol. The summed E-state index contributed by atoms with van der Waals surface area (Å²) < 4.78 is 5.27. The van der Waals surface area contributed by atoms with E-state index in [1.165, 1.54) is 19.3 Å². The van der Waals surface area contributed by atoms with Gasteiger partial charge < -0.3 is 26.0 Å². The van der Waals surface area contributed by atoms with Gasteiger partial charge in [0.25, 0.3) is 0 Å². The molecule has 0 bridgehead atoms. The largest absolute Gasteiger partial charge is 0.385 e. The van der Waals surface area contributed by atoms with Crippen LogP contribution >= 0.6 is 0 Å². The summed E-state index contributed by atoms with van der Waals surface area (Å²) in [6, 6.07) is 0. The topological polar surface area (TPSA) is 92.0 Å². The molecule has 2 aliphatic rings. The van der Waals surface area contributed by atoms with Crippen LogP contribution in [0.3, 0.4) is 0 Å². The number of amides is 1. The lowest BCUT2D eigenvalue weighted by Crippen LogP contribution is -2.43. The van der Waals surface area contributed by atoms with Crippen LogP contribution in [0.25, 0.3) is 0 Å². The summed E-state index contributed by atoms with van der Waals surface area (Å²) in [4.78, 5) is 18.6. The lowest BCUT2D eigenvalue weighted by Gasteiger charge is -2.40. The van der Waals surface area contributed by atoms with Crippen molar-refractivity contribution in [3.63, 3.8) is 0 Å². The number of ether oxygens (including phenoxy) is 1. The predicted octanol–water partition coefficient (Wildman–Crippen LogP) is 1.34. The molecule has 0 aromatic carbocycles. The molecule has 1 saturated carbocycles. The van der Waals surface area contributed by atoms with Crippen LogP contribution in [0.2, 0.25) is 0 Å². The first kappa shape index (κ1) is 22.0. The zero-order valence-electron chi connectivity index (χ0n) is 17.3. The molecule has 7 nitrogen and oxygen atoms in total. The summed E-state index contributed by atoms with van der Waals surface area (Å²) >= 11 is 0. The Labute approximate surface area is 164 Å². The van der Waals surface area contributed by atoms with Gasteiger partial charge in [0.15, 0.2) is 5.96 Å². The van der Waals surface area contributed by atoms with Crippen molar-refractivity contribution in [1.29, 1.82) is 0 Å². The average Bonchev–Trinajstić information content (AvgIpc) is 2.64. The number of piperidine rings is 1. The van der Waals surface area contributed by atoms with E-state index >= 15 is 0 Å². The van der Waals surface area contributed by atoms with Crippen LogP contribution in [-0.2, 0) is 9.53 Å². The Morgan fingerprint density at radius 1 is 1.33 bits per heavy atom. The van der Waals surface area contributed by atoms with Crippen LogP contribution in [0.4, 0.5) is 0 Å². The van der Waals surface area contributed by atoms with Gasteiger partial charge in [-0.05, 0) is 64.0 Å². The second-order valence-corrected chi connectivity index (χ2v) is 8.11. The van der Waals surface area contributed by atoms with E-state index in [0.29, 0.717) is 5.41 Å². The van der Waals surface area contributed by atoms with E-state index in [4.69, 9.17) is 15.5 Å². The number of nitrogens with zero attached hydrogens (tertiary/aromatic N) is 2. The Morgan fingerprint density at radius 2 is 2.15 bits per heavy atom. The van der Waals surface area contributed by atoms with Crippen molar-refractivity contribution in [3.05, 3.63) is 0 Å². The lowest BCUT2D eigenvalue weighted by molar-refractivity contribution is -0.123. The molecule has 156 valence electrons. The molecule has 0 aromatic heterocycles. The molecule has 0 radical (unpaired) electrons. The molecule has 1 atom stereocenters. The summed E-state index contributed by atoms with van der Waals surface area (Å²) in [5.74, 6) is 0.781. The molecule has 4 N–H and O–H groups in total. The minimum atomic E-state index is -0.155. The van der Waals surface area contributed by atoms with Crippen molar-refractivity contribution < 1.29 is 9.53 Å². The molecule has 2 rings (SSSR count). The molecule has 1 unspecified atom stereocenters. The number of methoxy groups -OCH3 is 1. The second kappa shape index (κ2) is 11.5. The molecule has 0 spiro atoms. The molecule has 1 heterocycles. The van der Waals surface area contributed by atoms with E-state index in [-0.39, 0.29) is 11.8 Å². The third kappa shape index (κ3) is 7.30. The van der Waals surface area contributed by atoms with Crippen molar-refractivity contribution in [3.8, 4) is 0 Å². The molecule has 1 amide bonds. The number of aliphatic imine (C=N–C) groups is 1. The highest BCUT2D eigenvalue weighted by Crippen LogP contribution is 2.44. The minimum absolute atomic E-state index is 0.0244. The van der Waals surface area contributed by atoms with Crippen molar-refractivity contribution >= 4 is 11.9 Å². The molecular weight excluding hydrogens is 342 g/mol. The summed E-state index contributed by atoms with van der Waals surface area (Å²) in [5.41, 5.74) is 5.81. The van der Waals surface area contributed by atoms with Gasteiger partial charge in [-0.1, -0.05) is 6.42 Å². The van der Waals surface area contributed by atoms with E-state index in [0.717, 1.165) is 77.5 Å². The van der Waals surface area contributed by atoms with Gasteiger partial charge in [-0.2, -0.15) is 0 Å². The Morgan fingerprint density at radius 3 is 2.78 bits per heavy atom. The van der Waals surface area contributed by atoms with Gasteiger partial charge in [0.1, 0.15) is 0 Å². The number of rotatable bonds is 11. The first-order valence-corrected chi connectivity index (χ1v) is 10.6. The summed E-state index contributed by atoms with van der Waals surface area (Å²) in [6.45, 7) is 8.41. The fraction of sp³-hybridized carbons (Fsp3) is 0.900. The molecule has 1 aliphatic heterocycles. The van der Waals surface area contributed by atoms with Gasteiger partial charge in [0.2, 0.25) is 5.91 Å². The summed E-state index contributed by atoms with van der Waals surface area (Å²) in [5, 5.41) is 6.81. The molecule has 1 aliphatic carbocycles. The maximum atomic E-state index is 11.4. The number of likely N-dealkylation sites (tertiary alicyclic amines) is 1. The second-order valence-electron chi connectivity index (χ2n) is 8.11. The van der Waals surface area contributed by atoms with Crippen LogP contribution in [-0.4, -0.2) is 69.8 Å². The predicted molar refractivity (Wildman–Crippen MR) is 110 cm³/mol. The molecule has 1 saturated heterocycles. The number of primary amides is 1. The fourth-order valence-corrected chi connectivity index (χ4v) is 4.07. The zero-order chi connectivity index (χ0) is 19.5. The van der Waals surface area contributed by atoms with Crippen LogP contribution in [0, 0.1) is 11.3 Å². The van der Waals surface area contributed by atoms with Gasteiger partial charge in [0, 0.05) is 39.9 Å². The van der Waals surface area contributed by atoms with Crippen molar-refractivity contribution in [2.45, 2.75) is 51.9 Å². The number of nitrogens with one attached hydrogen (secondary N) is 2. The first-order valence-electron chi connectivity index (χ1n) is 10.6. The van der Waals surface area contributed by atoms with Crippen molar-refractivity contribution in [1.82, 2.24) is 15.5 Å². The maximum absolute atomic E-state index is 11.4. The smallest absolute Gasteiger partial charge is 0.221 e. The highest BCUT2D eigenvalue weighted by Gasteiger charge is 2.36. The van der Waals surface area contributed by atoms with E-state index in [9.17, 15) is 4.79 Å². The van der Waals surface area contributed by atoms with Crippen LogP contribution in [0.5, 0.6) is 0 Å². The third-order valence-electron chi connectivity index (χ3n) is 6.02. The molecule has 7 heteroatoms. The normalized spacial score (nSPS) is 22.9. The number of hydrogen-bond acceptors (Lipinski definition) is 4. The minimum Gasteiger partial charge on any atom is -0.385 e. The van der Waals surface area contributed by atoms with E-state index in [1.54, 1.807) is 7.11 Å². The monoisotopic (exact) mass is 381 g/mol. The van der Waals surface area contributed by atoms with Gasteiger partial charge in [-0.3, -0.25) is 9.79 Å². The quantitative estimate of drug-likeness (QED) is 0.285. The molecular formula is C20H39N5O2. The highest BCUT2D eigenvalue weighted by molar-refractivity contribution is 5.79. The van der Waals surface area contributed by atoms with Gasteiger partial charge >= 0.3 is 0 Å². The number of guanidine groups is 1. The first-order chi connectivity index (χ1) is 13.1. The van der Waals surface area contributed by atoms with Crippen LogP contribution < -0.4 is 16.4 Å². The van der Waals surface area contributed by atoms with Crippen LogP contribution in [0.1, 0.15) is 51.9 Å². The number of carbonyl (C=O) groups is 1. The molecule has 0 aromatic rings. The highest BCUT2D eigenvalue weighted by atomic mass is 16.5. The number of carbonyl (C=O) groups excluding carboxylic acids is 1. The zero-order valence-corrected chi connectivity index (χ0v) is 17.3. The number of nitrogens with two attached hydrogens (primary N) is 1. The van der Waals surface area contributed by atoms with Gasteiger partial charge in [-0.15, -0.1) is 0 Å². The Balaban J connectivity index is 1.71. The fourth-order valence-electron chi connectivity index (χ4n) is 4.07. The SMILES string of the molecule is CCNC(=NCC1(CCOC)CCC1)NCCCN1CCCC(C(N)=O)C1. The van der Waals surface area contributed by atoms with Gasteiger partial charge in [0.05, 0.1) is 5.92 Å². The maximum Gasteiger partial charge on any atom is 0.221 e. The summed E-state index contributed by atoms with van der Waals surface area (Å²) in [7, 11) is 1.77. The number of hydrogen-bond donors (Lipinski definition) is 3. The van der Waals surface area contributed by atoms with E-state index in [2.05, 4.69) is 22.5 Å². The molecule has 27 heavy (non-hydrogen) atoms. The Bertz CT molecular complexity index is 479. The lowest BCUT2D eigenvalue weighted by atomic mass is 9.67. The summed E-state index contributed by atoms with van der Waals surface area (Å²) in [6.07, 6.45) is 7.96. The van der Waals surface area contributed by atoms with Crippen LogP contribution in [0.15, 0.2) is 4.99 Å². The van der Waals surface area contributed by atoms with E-state index < -0.39 is 0 Å². The Kier molecular flexibility index (Phi) is 9.34. The third-order valence-corrected chi connectivity index (χ3v) is 6.02. The van der Waals surface area contributed by atoms with Crippen molar-refractivity contribution in [2.24, 2.45) is 22.1 Å². The standard InChI is InChI=1S/C20H39N5O2/c1-3-22-19(24-16-20(8-5-9-20)10-14-27-2)23-11-6-13-25-12-4-7-17(15-25)18(21)26/h17H,3-16H2,1-2H3,(H2,21,26)(H2,22,23,24). The molecule has 2 fully saturated rings. The van der Waals surface area contributed by atoms with Gasteiger partial charge in [-0.25, -0.2) is 0 Å². The van der Waals surface area contributed by atoms with E-state index in [1.807, 2.05) is 0 Å². The van der Waals surface area contributed by atoms with Crippen molar-refractivity contribution in [2.75, 3.05) is 53.0 Å².